The average molecular weight is 637 g/mol. The third-order valence-electron chi connectivity index (χ3n) is 10.1. The van der Waals surface area contributed by atoms with E-state index < -0.39 is 0 Å². The van der Waals surface area contributed by atoms with Crippen molar-refractivity contribution in [2.45, 2.75) is 0 Å². The Bertz CT molecular complexity index is 2660. The summed E-state index contributed by atoms with van der Waals surface area (Å²) in [5.41, 5.74) is 14.4. The zero-order valence-corrected chi connectivity index (χ0v) is 27.4. The second-order valence-corrected chi connectivity index (χ2v) is 13.0. The van der Waals surface area contributed by atoms with Crippen LogP contribution in [0.5, 0.6) is 0 Å². The third kappa shape index (κ3) is 4.57. The molecule has 0 radical (unpaired) electrons. The van der Waals surface area contributed by atoms with E-state index in [1.807, 2.05) is 0 Å². The summed E-state index contributed by atoms with van der Waals surface area (Å²) >= 11 is 0. The molecule has 0 spiro atoms. The van der Waals surface area contributed by atoms with Gasteiger partial charge in [0.05, 0.1) is 22.1 Å². The molecule has 0 aliphatic carbocycles. The molecule has 0 aliphatic heterocycles. The molecule has 2 aromatic heterocycles. The van der Waals surface area contributed by atoms with Crippen molar-refractivity contribution >= 4 is 43.6 Å². The molecule has 0 saturated heterocycles. The van der Waals surface area contributed by atoms with Crippen LogP contribution in [0.2, 0.25) is 0 Å². The molecule has 2 heteroatoms. The molecule has 0 saturated carbocycles. The van der Waals surface area contributed by atoms with E-state index in [1.165, 1.54) is 77.0 Å². The molecule has 50 heavy (non-hydrogen) atoms. The molecule has 0 fully saturated rings. The van der Waals surface area contributed by atoms with Gasteiger partial charge in [0.2, 0.25) is 0 Å². The van der Waals surface area contributed by atoms with Gasteiger partial charge in [-0.05, 0) is 81.9 Å². The average Bonchev–Trinajstić information content (AvgIpc) is 3.71. The maximum absolute atomic E-state index is 2.42. The van der Waals surface area contributed by atoms with Gasteiger partial charge in [0.25, 0.3) is 0 Å². The Hall–Kier alpha value is -6.64. The third-order valence-corrected chi connectivity index (χ3v) is 10.1. The molecule has 234 valence electrons. The maximum atomic E-state index is 2.42. The number of hydrogen-bond acceptors (Lipinski definition) is 0. The van der Waals surface area contributed by atoms with Gasteiger partial charge < -0.3 is 9.13 Å². The van der Waals surface area contributed by atoms with Crippen molar-refractivity contribution in [3.8, 4) is 44.8 Å². The lowest BCUT2D eigenvalue weighted by Gasteiger charge is -2.12. The van der Waals surface area contributed by atoms with Crippen LogP contribution in [0.15, 0.2) is 194 Å². The largest absolute Gasteiger partial charge is 0.309 e. The predicted octanol–water partition coefficient (Wildman–Crippen LogP) is 12.9. The van der Waals surface area contributed by atoms with Crippen LogP contribution in [0.4, 0.5) is 0 Å². The van der Waals surface area contributed by atoms with Crippen molar-refractivity contribution in [2.24, 2.45) is 0 Å². The van der Waals surface area contributed by atoms with Gasteiger partial charge in [-0.3, -0.25) is 0 Å². The molecule has 2 heterocycles. The van der Waals surface area contributed by atoms with E-state index in [4.69, 9.17) is 0 Å². The summed E-state index contributed by atoms with van der Waals surface area (Å²) in [5, 5.41) is 5.02. The fourth-order valence-corrected chi connectivity index (χ4v) is 7.77. The number of fused-ring (bicyclic) bond motifs is 6. The van der Waals surface area contributed by atoms with Crippen molar-refractivity contribution in [3.63, 3.8) is 0 Å². The highest BCUT2D eigenvalue weighted by Gasteiger charge is 2.17. The quantitative estimate of drug-likeness (QED) is 0.178. The van der Waals surface area contributed by atoms with E-state index in [-0.39, 0.29) is 0 Å². The van der Waals surface area contributed by atoms with Crippen molar-refractivity contribution < 1.29 is 0 Å². The Morgan fingerprint density at radius 3 is 1.04 bits per heavy atom. The zero-order chi connectivity index (χ0) is 33.0. The first-order valence-corrected chi connectivity index (χ1v) is 17.2. The van der Waals surface area contributed by atoms with Crippen LogP contribution in [0, 0.1) is 0 Å². The van der Waals surface area contributed by atoms with Gasteiger partial charge in [0.15, 0.2) is 0 Å². The lowest BCUT2D eigenvalue weighted by atomic mass is 10.0. The molecule has 10 rings (SSSR count). The Morgan fingerprint density at radius 1 is 0.220 bits per heavy atom. The van der Waals surface area contributed by atoms with Crippen LogP contribution < -0.4 is 0 Å². The monoisotopic (exact) mass is 636 g/mol. The summed E-state index contributed by atoms with van der Waals surface area (Å²) in [6.45, 7) is 0. The summed E-state index contributed by atoms with van der Waals surface area (Å²) in [6, 6.07) is 70.4. The number of nitrogens with zero attached hydrogens (tertiary/aromatic N) is 2. The molecule has 0 unspecified atom stereocenters. The topological polar surface area (TPSA) is 9.86 Å². The first-order chi connectivity index (χ1) is 24.8. The molecule has 2 nitrogen and oxygen atoms in total. The number of hydrogen-bond donors (Lipinski definition) is 0. The van der Waals surface area contributed by atoms with Gasteiger partial charge >= 0.3 is 0 Å². The molecule has 0 atom stereocenters. The number of para-hydroxylation sites is 2. The highest BCUT2D eigenvalue weighted by Crippen LogP contribution is 2.39. The molecule has 8 aromatic carbocycles. The molecule has 0 bridgehead atoms. The fourth-order valence-electron chi connectivity index (χ4n) is 7.77. The second-order valence-electron chi connectivity index (χ2n) is 13.0. The highest BCUT2D eigenvalue weighted by molar-refractivity contribution is 6.12. The summed E-state index contributed by atoms with van der Waals surface area (Å²) in [5.74, 6) is 0. The van der Waals surface area contributed by atoms with E-state index >= 15 is 0 Å². The first-order valence-electron chi connectivity index (χ1n) is 17.2. The van der Waals surface area contributed by atoms with Gasteiger partial charge in [-0.1, -0.05) is 146 Å². The molecule has 0 aliphatic rings. The van der Waals surface area contributed by atoms with E-state index in [2.05, 4.69) is 203 Å². The first kappa shape index (κ1) is 28.4. The summed E-state index contributed by atoms with van der Waals surface area (Å²) in [4.78, 5) is 0. The van der Waals surface area contributed by atoms with Crippen molar-refractivity contribution in [3.05, 3.63) is 194 Å². The summed E-state index contributed by atoms with van der Waals surface area (Å²) < 4.78 is 4.84. The van der Waals surface area contributed by atoms with Crippen molar-refractivity contribution in [1.82, 2.24) is 9.13 Å². The smallest absolute Gasteiger partial charge is 0.0547 e. The van der Waals surface area contributed by atoms with Crippen molar-refractivity contribution in [1.29, 1.82) is 0 Å². The maximum Gasteiger partial charge on any atom is 0.0547 e. The van der Waals surface area contributed by atoms with Crippen LogP contribution in [0.1, 0.15) is 0 Å². The highest BCUT2D eigenvalue weighted by atomic mass is 15.0. The standard InChI is InChI=1S/C48H32N2/c1-3-13-33(14-4-1)35-17-11-19-39(29-35)49-45-23-9-7-21-41(45)43-27-25-37(31-47(43)49)38-26-28-44-42-22-8-10-24-46(42)50(48(44)32-38)40-20-12-18-36(30-40)34-15-5-2-6-16-34/h1-32H. The molecular formula is C48H32N2. The fraction of sp³-hybridized carbons (Fsp3) is 0. The SMILES string of the molecule is c1ccc(-c2cccc(-n3c4ccccc4c4ccc(-c5ccc6c7ccccc7n(-c7cccc(-c8ccccc8)c7)c6c5)cc43)c2)cc1. The predicted molar refractivity (Wildman–Crippen MR) is 211 cm³/mol. The van der Waals surface area contributed by atoms with Crippen LogP contribution in [-0.4, -0.2) is 9.13 Å². The van der Waals surface area contributed by atoms with Crippen LogP contribution in [0.3, 0.4) is 0 Å². The minimum Gasteiger partial charge on any atom is -0.309 e. The Kier molecular flexibility index (Phi) is 6.53. The van der Waals surface area contributed by atoms with Crippen LogP contribution in [-0.2, 0) is 0 Å². The lowest BCUT2D eigenvalue weighted by molar-refractivity contribution is 1.18. The van der Waals surface area contributed by atoms with Crippen LogP contribution >= 0.6 is 0 Å². The van der Waals surface area contributed by atoms with E-state index in [1.54, 1.807) is 0 Å². The summed E-state index contributed by atoms with van der Waals surface area (Å²) in [7, 11) is 0. The Labute approximate surface area is 290 Å². The van der Waals surface area contributed by atoms with Crippen LogP contribution in [0.25, 0.3) is 88.4 Å². The molecular weight excluding hydrogens is 605 g/mol. The van der Waals surface area contributed by atoms with E-state index in [9.17, 15) is 0 Å². The minimum absolute atomic E-state index is 1.16. The van der Waals surface area contributed by atoms with Gasteiger partial charge in [-0.2, -0.15) is 0 Å². The molecule has 10 aromatic rings. The van der Waals surface area contributed by atoms with Gasteiger partial charge in [0.1, 0.15) is 0 Å². The van der Waals surface area contributed by atoms with Gasteiger partial charge in [0, 0.05) is 32.9 Å². The number of aromatic nitrogens is 2. The normalized spacial score (nSPS) is 11.6. The van der Waals surface area contributed by atoms with E-state index in [0.29, 0.717) is 0 Å². The minimum atomic E-state index is 1.16. The lowest BCUT2D eigenvalue weighted by Crippen LogP contribution is -1.95. The Morgan fingerprint density at radius 2 is 0.580 bits per heavy atom. The van der Waals surface area contributed by atoms with Crippen molar-refractivity contribution in [2.75, 3.05) is 0 Å². The second kappa shape index (κ2) is 11.5. The number of rotatable bonds is 5. The summed E-state index contributed by atoms with van der Waals surface area (Å²) in [6.07, 6.45) is 0. The number of benzene rings is 8. The van der Waals surface area contributed by atoms with Gasteiger partial charge in [-0.15, -0.1) is 0 Å². The zero-order valence-electron chi connectivity index (χ0n) is 27.4. The Balaban J connectivity index is 1.17. The molecule has 0 amide bonds. The molecule has 0 N–H and O–H groups in total. The van der Waals surface area contributed by atoms with Gasteiger partial charge in [-0.25, -0.2) is 0 Å². The van der Waals surface area contributed by atoms with E-state index in [0.717, 1.165) is 11.4 Å².